The molecule has 1 aliphatic heterocycles. The number of nitrogens with one attached hydrogen (secondary N) is 1. The normalized spacial score (nSPS) is 16.1. The molecule has 6 nitrogen and oxygen atoms in total. The Morgan fingerprint density at radius 1 is 1.04 bits per heavy atom. The van der Waals surface area contributed by atoms with Crippen LogP contribution in [0, 0.1) is 5.82 Å². The van der Waals surface area contributed by atoms with Crippen LogP contribution in [0.4, 0.5) is 4.39 Å². The molecule has 1 aromatic heterocycles. The van der Waals surface area contributed by atoms with E-state index in [-0.39, 0.29) is 17.6 Å². The van der Waals surface area contributed by atoms with Gasteiger partial charge >= 0.3 is 0 Å². The van der Waals surface area contributed by atoms with Crippen LogP contribution in [0.15, 0.2) is 24.3 Å². The first kappa shape index (κ1) is 18.7. The van der Waals surface area contributed by atoms with Crippen LogP contribution in [0.1, 0.15) is 53.8 Å². The molecule has 2 aliphatic rings. The molecule has 2 aromatic rings. The van der Waals surface area contributed by atoms with Crippen molar-refractivity contribution in [1.29, 1.82) is 0 Å². The lowest BCUT2D eigenvalue weighted by Crippen LogP contribution is -2.38. The first-order valence-electron chi connectivity index (χ1n) is 10.1. The van der Waals surface area contributed by atoms with E-state index >= 15 is 0 Å². The van der Waals surface area contributed by atoms with E-state index in [9.17, 15) is 14.0 Å². The van der Waals surface area contributed by atoms with E-state index in [0.29, 0.717) is 18.7 Å². The molecule has 2 heterocycles. The number of likely N-dealkylation sites (tertiary alicyclic amines) is 1. The van der Waals surface area contributed by atoms with Gasteiger partial charge in [-0.15, -0.1) is 0 Å². The SMILES string of the molecule is O=C(NCCC(=O)N1CCCCC1)c1nn(-c2ccc(F)cc2)c2c1CCC2. The topological polar surface area (TPSA) is 67.2 Å². The Balaban J connectivity index is 1.42. The highest BCUT2D eigenvalue weighted by atomic mass is 19.1. The standard InChI is InChI=1S/C21H25FN4O2/c22-15-7-9-16(10-8-15)26-18-6-4-5-17(18)20(24-26)21(28)23-12-11-19(27)25-13-2-1-3-14-25/h7-10H,1-6,11-14H2,(H,23,28). The number of hydrogen-bond acceptors (Lipinski definition) is 3. The van der Waals surface area contributed by atoms with Gasteiger partial charge in [-0.3, -0.25) is 9.59 Å². The lowest BCUT2D eigenvalue weighted by molar-refractivity contribution is -0.131. The highest BCUT2D eigenvalue weighted by molar-refractivity contribution is 5.94. The van der Waals surface area contributed by atoms with Crippen molar-refractivity contribution in [3.8, 4) is 5.69 Å². The third-order valence-electron chi connectivity index (χ3n) is 5.55. The highest BCUT2D eigenvalue weighted by Gasteiger charge is 2.27. The molecule has 7 heteroatoms. The molecule has 1 saturated heterocycles. The van der Waals surface area contributed by atoms with Crippen LogP contribution in [-0.4, -0.2) is 46.1 Å². The van der Waals surface area contributed by atoms with E-state index in [1.807, 2.05) is 4.90 Å². The Morgan fingerprint density at radius 3 is 2.54 bits per heavy atom. The number of nitrogens with zero attached hydrogens (tertiary/aromatic N) is 3. The van der Waals surface area contributed by atoms with Crippen LogP contribution >= 0.6 is 0 Å². The highest BCUT2D eigenvalue weighted by Crippen LogP contribution is 2.27. The Morgan fingerprint density at radius 2 is 1.79 bits per heavy atom. The Kier molecular flexibility index (Phi) is 5.41. The summed E-state index contributed by atoms with van der Waals surface area (Å²) in [6.45, 7) is 1.96. The molecule has 0 bridgehead atoms. The summed E-state index contributed by atoms with van der Waals surface area (Å²) in [6.07, 6.45) is 6.25. The molecule has 148 valence electrons. The van der Waals surface area contributed by atoms with E-state index in [1.54, 1.807) is 16.8 Å². The lowest BCUT2D eigenvalue weighted by Gasteiger charge is -2.26. The largest absolute Gasteiger partial charge is 0.350 e. The minimum absolute atomic E-state index is 0.0991. The molecule has 0 unspecified atom stereocenters. The number of halogens is 1. The van der Waals surface area contributed by atoms with Gasteiger partial charge in [0.2, 0.25) is 5.91 Å². The first-order valence-corrected chi connectivity index (χ1v) is 10.1. The third kappa shape index (κ3) is 3.79. The van der Waals surface area contributed by atoms with Crippen molar-refractivity contribution in [2.45, 2.75) is 44.9 Å². The van der Waals surface area contributed by atoms with E-state index in [1.165, 1.54) is 18.6 Å². The molecule has 1 N–H and O–H groups in total. The van der Waals surface area contributed by atoms with Crippen molar-refractivity contribution in [1.82, 2.24) is 20.0 Å². The van der Waals surface area contributed by atoms with Crippen molar-refractivity contribution < 1.29 is 14.0 Å². The van der Waals surface area contributed by atoms with Crippen LogP contribution in [0.3, 0.4) is 0 Å². The average molecular weight is 384 g/mol. The van der Waals surface area contributed by atoms with Crippen LogP contribution in [0.2, 0.25) is 0 Å². The Hall–Kier alpha value is -2.70. The molecule has 0 atom stereocenters. The number of rotatable bonds is 5. The van der Waals surface area contributed by atoms with Crippen molar-refractivity contribution in [2.24, 2.45) is 0 Å². The van der Waals surface area contributed by atoms with Gasteiger partial charge in [-0.2, -0.15) is 5.10 Å². The second-order valence-electron chi connectivity index (χ2n) is 7.46. The molecule has 1 aliphatic carbocycles. The smallest absolute Gasteiger partial charge is 0.272 e. The molecule has 0 radical (unpaired) electrons. The Labute approximate surface area is 163 Å². The van der Waals surface area contributed by atoms with Gasteiger partial charge in [0, 0.05) is 37.3 Å². The summed E-state index contributed by atoms with van der Waals surface area (Å²) in [4.78, 5) is 26.8. The maximum Gasteiger partial charge on any atom is 0.272 e. The maximum atomic E-state index is 13.2. The van der Waals surface area contributed by atoms with Gasteiger partial charge in [-0.05, 0) is 62.8 Å². The van der Waals surface area contributed by atoms with Gasteiger partial charge in [0.1, 0.15) is 5.82 Å². The monoisotopic (exact) mass is 384 g/mol. The fourth-order valence-corrected chi connectivity index (χ4v) is 4.08. The molecule has 1 fully saturated rings. The van der Waals surface area contributed by atoms with Gasteiger partial charge in [0.05, 0.1) is 5.69 Å². The summed E-state index contributed by atoms with van der Waals surface area (Å²) in [7, 11) is 0. The molecule has 2 amide bonds. The number of piperidine rings is 1. The zero-order valence-electron chi connectivity index (χ0n) is 15.9. The summed E-state index contributed by atoms with van der Waals surface area (Å²) in [5.74, 6) is -0.448. The van der Waals surface area contributed by atoms with Crippen molar-refractivity contribution in [3.63, 3.8) is 0 Å². The number of hydrogen-bond donors (Lipinski definition) is 1. The van der Waals surface area contributed by atoms with Crippen molar-refractivity contribution in [3.05, 3.63) is 47.0 Å². The van der Waals surface area contributed by atoms with Crippen LogP contribution in [0.25, 0.3) is 5.69 Å². The van der Waals surface area contributed by atoms with Gasteiger partial charge < -0.3 is 10.2 Å². The van der Waals surface area contributed by atoms with Gasteiger partial charge in [0.25, 0.3) is 5.91 Å². The number of carbonyl (C=O) groups excluding carboxylic acids is 2. The minimum atomic E-state index is -0.302. The zero-order valence-corrected chi connectivity index (χ0v) is 15.9. The van der Waals surface area contributed by atoms with Crippen LogP contribution < -0.4 is 5.32 Å². The predicted molar refractivity (Wildman–Crippen MR) is 103 cm³/mol. The van der Waals surface area contributed by atoms with E-state index in [2.05, 4.69) is 10.4 Å². The predicted octanol–water partition coefficient (Wildman–Crippen LogP) is 2.63. The second kappa shape index (κ2) is 8.12. The zero-order chi connectivity index (χ0) is 19.5. The summed E-state index contributed by atoms with van der Waals surface area (Å²) in [5.41, 5.74) is 3.14. The third-order valence-corrected chi connectivity index (χ3v) is 5.55. The molecule has 0 spiro atoms. The summed E-state index contributed by atoms with van der Waals surface area (Å²) >= 11 is 0. The first-order chi connectivity index (χ1) is 13.6. The van der Waals surface area contributed by atoms with Crippen molar-refractivity contribution >= 4 is 11.8 Å². The molecule has 1 aromatic carbocycles. The van der Waals surface area contributed by atoms with E-state index < -0.39 is 0 Å². The maximum absolute atomic E-state index is 13.2. The summed E-state index contributed by atoms with van der Waals surface area (Å²) in [6, 6.07) is 6.12. The quantitative estimate of drug-likeness (QED) is 0.862. The number of carbonyl (C=O) groups is 2. The number of aromatic nitrogens is 2. The van der Waals surface area contributed by atoms with Crippen LogP contribution in [-0.2, 0) is 17.6 Å². The number of amides is 2. The molecule has 28 heavy (non-hydrogen) atoms. The van der Waals surface area contributed by atoms with E-state index in [0.717, 1.165) is 62.1 Å². The van der Waals surface area contributed by atoms with Crippen molar-refractivity contribution in [2.75, 3.05) is 19.6 Å². The minimum Gasteiger partial charge on any atom is -0.350 e. The number of fused-ring (bicyclic) bond motifs is 1. The van der Waals surface area contributed by atoms with Gasteiger partial charge in [-0.25, -0.2) is 9.07 Å². The summed E-state index contributed by atoms with van der Waals surface area (Å²) < 4.78 is 15.0. The average Bonchev–Trinajstić information content (AvgIpc) is 3.32. The molecule has 0 saturated carbocycles. The Bertz CT molecular complexity index is 869. The fraction of sp³-hybridized carbons (Fsp3) is 0.476. The van der Waals surface area contributed by atoms with Gasteiger partial charge in [-0.1, -0.05) is 0 Å². The molecular weight excluding hydrogens is 359 g/mol. The van der Waals surface area contributed by atoms with E-state index in [4.69, 9.17) is 0 Å². The summed E-state index contributed by atoms with van der Waals surface area (Å²) in [5, 5.41) is 7.36. The number of benzene rings is 1. The second-order valence-corrected chi connectivity index (χ2v) is 7.46. The fourth-order valence-electron chi connectivity index (χ4n) is 4.08. The van der Waals surface area contributed by atoms with Gasteiger partial charge in [0.15, 0.2) is 5.69 Å². The lowest BCUT2D eigenvalue weighted by atomic mass is 10.1. The molecular formula is C21H25FN4O2. The molecule has 4 rings (SSSR count). The van der Waals surface area contributed by atoms with Crippen LogP contribution in [0.5, 0.6) is 0 Å².